The molecule has 22 heavy (non-hydrogen) atoms. The molecule has 114 valence electrons. The Balaban J connectivity index is 2.05. The van der Waals surface area contributed by atoms with E-state index in [0.29, 0.717) is 24.7 Å². The molecule has 0 spiro atoms. The van der Waals surface area contributed by atoms with Crippen LogP contribution in [0.4, 0.5) is 0 Å². The molecule has 3 heterocycles. The molecule has 2 aromatic rings. The van der Waals surface area contributed by atoms with Gasteiger partial charge in [0.05, 0.1) is 18.8 Å². The van der Waals surface area contributed by atoms with E-state index in [0.717, 1.165) is 15.9 Å². The lowest BCUT2D eigenvalue weighted by Gasteiger charge is -2.37. The maximum Gasteiger partial charge on any atom is 0.333 e. The molecule has 0 amide bonds. The molecule has 0 bridgehead atoms. The molecule has 1 aromatic heterocycles. The molecule has 2 aliphatic rings. The van der Waals surface area contributed by atoms with Crippen LogP contribution in [0.25, 0.3) is 0 Å². The predicted molar refractivity (Wildman–Crippen MR) is 79.7 cm³/mol. The summed E-state index contributed by atoms with van der Waals surface area (Å²) >= 11 is 0. The molecule has 6 heteroatoms. The molecule has 0 saturated heterocycles. The number of hydrogen-bond donors (Lipinski definition) is 0. The lowest BCUT2D eigenvalue weighted by Crippen LogP contribution is -2.46. The summed E-state index contributed by atoms with van der Waals surface area (Å²) in [6.07, 6.45) is 0. The minimum absolute atomic E-state index is 0.0765. The Morgan fingerprint density at radius 3 is 2.59 bits per heavy atom. The van der Waals surface area contributed by atoms with Crippen molar-refractivity contribution in [3.63, 3.8) is 0 Å². The topological polar surface area (TPSA) is 62.5 Å². The summed E-state index contributed by atoms with van der Waals surface area (Å²) in [6.45, 7) is 0.944. The Bertz CT molecular complexity index is 881. The molecule has 0 unspecified atom stereocenters. The van der Waals surface area contributed by atoms with E-state index in [-0.39, 0.29) is 23.1 Å². The average molecular weight is 300 g/mol. The quantitative estimate of drug-likeness (QED) is 0.715. The van der Waals surface area contributed by atoms with Gasteiger partial charge in [0.1, 0.15) is 5.75 Å². The summed E-state index contributed by atoms with van der Waals surface area (Å²) in [5, 5.41) is 0. The third kappa shape index (κ3) is 1.60. The fourth-order valence-electron chi connectivity index (χ4n) is 3.43. The third-order valence-electron chi connectivity index (χ3n) is 4.57. The highest BCUT2D eigenvalue weighted by Gasteiger charge is 2.41. The number of benzene rings is 1. The third-order valence-corrected chi connectivity index (χ3v) is 4.57. The molecular formula is C16H16N2O4. The largest absolute Gasteiger partial charge is 0.493 e. The van der Waals surface area contributed by atoms with E-state index in [1.54, 1.807) is 7.05 Å². The second kappa shape index (κ2) is 4.50. The number of hydrogen-bond acceptors (Lipinski definition) is 4. The normalized spacial score (nSPS) is 21.9. The summed E-state index contributed by atoms with van der Waals surface area (Å²) in [4.78, 5) is 24.8. The Labute approximate surface area is 126 Å². The molecule has 0 aliphatic carbocycles. The summed E-state index contributed by atoms with van der Waals surface area (Å²) in [7, 11) is 3.13. The second-order valence-corrected chi connectivity index (χ2v) is 5.82. The highest BCUT2D eigenvalue weighted by Crippen LogP contribution is 2.45. The monoisotopic (exact) mass is 300 g/mol. The number of ether oxygens (including phenoxy) is 2. The van der Waals surface area contributed by atoms with Gasteiger partial charge in [-0.3, -0.25) is 13.9 Å². The standard InChI is InChI=1S/C16H16N2O4/c1-17-14(19)13-12-9(8-22-15(13)18(2)16(17)20)7-21-11-6-4-3-5-10(11)12/h3-6,9,12H,7-8H2,1-2H3/t9-,12-/m0/s1. The van der Waals surface area contributed by atoms with E-state index >= 15 is 0 Å². The summed E-state index contributed by atoms with van der Waals surface area (Å²) in [6, 6.07) is 7.74. The molecule has 0 fully saturated rings. The van der Waals surface area contributed by atoms with Gasteiger partial charge in [-0.1, -0.05) is 18.2 Å². The molecule has 0 radical (unpaired) electrons. The first-order chi connectivity index (χ1) is 10.6. The van der Waals surface area contributed by atoms with E-state index in [4.69, 9.17) is 9.47 Å². The molecule has 2 atom stereocenters. The van der Waals surface area contributed by atoms with Gasteiger partial charge < -0.3 is 9.47 Å². The van der Waals surface area contributed by atoms with E-state index < -0.39 is 0 Å². The first-order valence-electron chi connectivity index (χ1n) is 7.24. The number of rotatable bonds is 0. The van der Waals surface area contributed by atoms with Crippen molar-refractivity contribution in [2.75, 3.05) is 13.2 Å². The number of aromatic nitrogens is 2. The SMILES string of the molecule is Cn1c2c(c(=O)n(C)c1=O)[C@@H]1c3ccccc3OC[C@H]1CO2. The predicted octanol–water partition coefficient (Wildman–Crippen LogP) is 0.617. The summed E-state index contributed by atoms with van der Waals surface area (Å²) in [5.41, 5.74) is 0.877. The molecule has 0 saturated carbocycles. The van der Waals surface area contributed by atoms with Gasteiger partial charge >= 0.3 is 5.69 Å². The highest BCUT2D eigenvalue weighted by molar-refractivity contribution is 5.47. The van der Waals surface area contributed by atoms with Crippen LogP contribution in [0.2, 0.25) is 0 Å². The number of fused-ring (bicyclic) bond motifs is 5. The fraction of sp³-hybridized carbons (Fsp3) is 0.375. The van der Waals surface area contributed by atoms with Crippen LogP contribution in [0.5, 0.6) is 11.6 Å². The van der Waals surface area contributed by atoms with Crippen LogP contribution in [0, 0.1) is 5.92 Å². The smallest absolute Gasteiger partial charge is 0.333 e. The minimum atomic E-state index is -0.373. The van der Waals surface area contributed by atoms with Crippen molar-refractivity contribution < 1.29 is 9.47 Å². The molecule has 4 rings (SSSR count). The van der Waals surface area contributed by atoms with Gasteiger partial charge in [-0.25, -0.2) is 4.79 Å². The minimum Gasteiger partial charge on any atom is -0.493 e. The van der Waals surface area contributed by atoms with E-state index in [1.165, 1.54) is 11.6 Å². The van der Waals surface area contributed by atoms with Crippen LogP contribution in [0.1, 0.15) is 17.0 Å². The van der Waals surface area contributed by atoms with E-state index in [9.17, 15) is 9.59 Å². The van der Waals surface area contributed by atoms with Crippen LogP contribution in [0.15, 0.2) is 33.9 Å². The van der Waals surface area contributed by atoms with Gasteiger partial charge in [0, 0.05) is 31.5 Å². The molecule has 2 aliphatic heterocycles. The molecule has 1 aromatic carbocycles. The maximum atomic E-state index is 12.7. The molecule has 6 nitrogen and oxygen atoms in total. The summed E-state index contributed by atoms with van der Waals surface area (Å²) < 4.78 is 14.0. The zero-order valence-electron chi connectivity index (χ0n) is 12.4. The van der Waals surface area contributed by atoms with Crippen LogP contribution in [-0.4, -0.2) is 22.3 Å². The Morgan fingerprint density at radius 1 is 1.05 bits per heavy atom. The highest BCUT2D eigenvalue weighted by atomic mass is 16.5. The molecule has 0 N–H and O–H groups in total. The van der Waals surface area contributed by atoms with Gasteiger partial charge in [-0.2, -0.15) is 0 Å². The van der Waals surface area contributed by atoms with Crippen molar-refractivity contribution in [2.24, 2.45) is 20.0 Å². The Morgan fingerprint density at radius 2 is 1.77 bits per heavy atom. The number of para-hydroxylation sites is 1. The van der Waals surface area contributed by atoms with E-state index in [2.05, 4.69) is 0 Å². The lowest BCUT2D eigenvalue weighted by atomic mass is 9.79. The van der Waals surface area contributed by atoms with Gasteiger partial charge in [0.25, 0.3) is 5.56 Å². The second-order valence-electron chi connectivity index (χ2n) is 5.82. The van der Waals surface area contributed by atoms with Crippen LogP contribution < -0.4 is 20.7 Å². The number of nitrogens with zero attached hydrogens (tertiary/aromatic N) is 2. The van der Waals surface area contributed by atoms with Gasteiger partial charge in [-0.15, -0.1) is 0 Å². The van der Waals surface area contributed by atoms with Crippen molar-refractivity contribution in [2.45, 2.75) is 5.92 Å². The lowest BCUT2D eigenvalue weighted by molar-refractivity contribution is 0.116. The van der Waals surface area contributed by atoms with E-state index in [1.807, 2.05) is 24.3 Å². The average Bonchev–Trinajstić information content (AvgIpc) is 2.56. The fourth-order valence-corrected chi connectivity index (χ4v) is 3.43. The molecular weight excluding hydrogens is 284 g/mol. The first kappa shape index (κ1) is 13.2. The van der Waals surface area contributed by atoms with Crippen molar-refractivity contribution in [1.82, 2.24) is 9.13 Å². The maximum absolute atomic E-state index is 12.7. The van der Waals surface area contributed by atoms with Crippen molar-refractivity contribution >= 4 is 0 Å². The van der Waals surface area contributed by atoms with Crippen LogP contribution in [0.3, 0.4) is 0 Å². The van der Waals surface area contributed by atoms with Gasteiger partial charge in [-0.05, 0) is 6.07 Å². The van der Waals surface area contributed by atoms with Gasteiger partial charge in [0.15, 0.2) is 0 Å². The Kier molecular flexibility index (Phi) is 2.69. The summed E-state index contributed by atoms with van der Waals surface area (Å²) in [5.74, 6) is 1.16. The van der Waals surface area contributed by atoms with Crippen molar-refractivity contribution in [1.29, 1.82) is 0 Å². The first-order valence-corrected chi connectivity index (χ1v) is 7.24. The zero-order valence-corrected chi connectivity index (χ0v) is 12.4. The van der Waals surface area contributed by atoms with Crippen molar-refractivity contribution in [3.8, 4) is 11.6 Å². The van der Waals surface area contributed by atoms with Gasteiger partial charge in [0.2, 0.25) is 5.88 Å². The Hall–Kier alpha value is -2.50. The van der Waals surface area contributed by atoms with Crippen LogP contribution in [-0.2, 0) is 14.1 Å². The van der Waals surface area contributed by atoms with Crippen molar-refractivity contribution in [3.05, 3.63) is 56.2 Å². The van der Waals surface area contributed by atoms with Crippen LogP contribution >= 0.6 is 0 Å². The zero-order chi connectivity index (χ0) is 15.4.